The van der Waals surface area contributed by atoms with E-state index < -0.39 is 0 Å². The Bertz CT molecular complexity index is 841. The number of ether oxygens (including phenoxy) is 3. The molecule has 6 nitrogen and oxygen atoms in total. The standard InChI is InChI=1S/C23H29FN2O4/c1-28-20-14-17(15-21(29-2)23(20)30-3)8-9-22(27)26-12-10-25(11-13-26)16-18-6-4-5-7-19(18)24/h4-7,14-15H,8-13,16H2,1-3H3. The summed E-state index contributed by atoms with van der Waals surface area (Å²) in [6.07, 6.45) is 0.997. The molecule has 1 amide bonds. The van der Waals surface area contributed by atoms with Crippen LogP contribution in [0.4, 0.5) is 4.39 Å². The number of rotatable bonds is 8. The molecule has 0 bridgehead atoms. The lowest BCUT2D eigenvalue weighted by atomic mass is 10.1. The van der Waals surface area contributed by atoms with Gasteiger partial charge >= 0.3 is 0 Å². The van der Waals surface area contributed by atoms with E-state index in [0.717, 1.165) is 18.7 Å². The average molecular weight is 416 g/mol. The summed E-state index contributed by atoms with van der Waals surface area (Å²) in [6.45, 7) is 3.36. The van der Waals surface area contributed by atoms with Crippen LogP contribution in [-0.4, -0.2) is 63.2 Å². The second kappa shape index (κ2) is 10.3. The minimum absolute atomic E-state index is 0.120. The number of hydrogen-bond donors (Lipinski definition) is 0. The van der Waals surface area contributed by atoms with Crippen molar-refractivity contribution in [1.29, 1.82) is 0 Å². The topological polar surface area (TPSA) is 51.2 Å². The molecular weight excluding hydrogens is 387 g/mol. The van der Waals surface area contributed by atoms with Gasteiger partial charge < -0.3 is 19.1 Å². The maximum absolute atomic E-state index is 13.9. The molecule has 162 valence electrons. The Morgan fingerprint density at radius 3 is 2.17 bits per heavy atom. The van der Waals surface area contributed by atoms with E-state index in [-0.39, 0.29) is 11.7 Å². The van der Waals surface area contributed by atoms with Crippen LogP contribution < -0.4 is 14.2 Å². The van der Waals surface area contributed by atoms with Crippen LogP contribution in [0.1, 0.15) is 17.5 Å². The van der Waals surface area contributed by atoms with Crippen molar-refractivity contribution in [3.8, 4) is 17.2 Å². The van der Waals surface area contributed by atoms with Crippen LogP contribution in [0.3, 0.4) is 0 Å². The average Bonchev–Trinajstić information content (AvgIpc) is 2.78. The van der Waals surface area contributed by atoms with Crippen LogP contribution in [-0.2, 0) is 17.8 Å². The lowest BCUT2D eigenvalue weighted by molar-refractivity contribution is -0.133. The minimum atomic E-state index is -0.179. The third-order valence-corrected chi connectivity index (χ3v) is 5.43. The van der Waals surface area contributed by atoms with Gasteiger partial charge in [-0.25, -0.2) is 4.39 Å². The number of benzene rings is 2. The van der Waals surface area contributed by atoms with E-state index in [0.29, 0.717) is 55.3 Å². The van der Waals surface area contributed by atoms with E-state index in [9.17, 15) is 9.18 Å². The number of carbonyl (C=O) groups is 1. The number of aryl methyl sites for hydroxylation is 1. The SMILES string of the molecule is COc1cc(CCC(=O)N2CCN(Cc3ccccc3F)CC2)cc(OC)c1OC. The van der Waals surface area contributed by atoms with Gasteiger partial charge in [0.05, 0.1) is 21.3 Å². The Kier molecular flexibility index (Phi) is 7.52. The predicted octanol–water partition coefficient (Wildman–Crippen LogP) is 3.13. The third-order valence-electron chi connectivity index (χ3n) is 5.43. The molecule has 0 saturated carbocycles. The summed E-state index contributed by atoms with van der Waals surface area (Å²) in [5.74, 6) is 1.65. The second-order valence-electron chi connectivity index (χ2n) is 7.28. The molecule has 7 heteroatoms. The van der Waals surface area contributed by atoms with E-state index in [1.165, 1.54) is 6.07 Å². The van der Waals surface area contributed by atoms with Gasteiger partial charge in [-0.15, -0.1) is 0 Å². The molecule has 1 fully saturated rings. The quantitative estimate of drug-likeness (QED) is 0.662. The molecule has 3 rings (SSSR count). The first-order chi connectivity index (χ1) is 14.5. The van der Waals surface area contributed by atoms with Crippen molar-refractivity contribution < 1.29 is 23.4 Å². The first-order valence-electron chi connectivity index (χ1n) is 10.1. The van der Waals surface area contributed by atoms with Crippen molar-refractivity contribution >= 4 is 5.91 Å². The van der Waals surface area contributed by atoms with Crippen LogP contribution in [0.2, 0.25) is 0 Å². The molecule has 0 radical (unpaired) electrons. The second-order valence-corrected chi connectivity index (χ2v) is 7.28. The lowest BCUT2D eigenvalue weighted by Gasteiger charge is -2.35. The molecule has 0 aromatic heterocycles. The number of nitrogens with zero attached hydrogens (tertiary/aromatic N) is 2. The fourth-order valence-electron chi connectivity index (χ4n) is 3.71. The zero-order valence-electron chi connectivity index (χ0n) is 17.8. The van der Waals surface area contributed by atoms with Gasteiger partial charge in [-0.1, -0.05) is 18.2 Å². The van der Waals surface area contributed by atoms with Gasteiger partial charge in [0.15, 0.2) is 11.5 Å². The monoisotopic (exact) mass is 416 g/mol. The van der Waals surface area contributed by atoms with Gasteiger partial charge in [0.25, 0.3) is 0 Å². The summed E-state index contributed by atoms with van der Waals surface area (Å²) in [5, 5.41) is 0. The summed E-state index contributed by atoms with van der Waals surface area (Å²) in [5.41, 5.74) is 1.65. The molecule has 1 aliphatic rings. The molecule has 2 aromatic rings. The molecule has 30 heavy (non-hydrogen) atoms. The maximum atomic E-state index is 13.9. The largest absolute Gasteiger partial charge is 0.493 e. The third kappa shape index (κ3) is 5.21. The molecule has 1 aliphatic heterocycles. The predicted molar refractivity (Wildman–Crippen MR) is 113 cm³/mol. The fourth-order valence-corrected chi connectivity index (χ4v) is 3.71. The molecule has 1 saturated heterocycles. The Morgan fingerprint density at radius 2 is 1.60 bits per heavy atom. The molecule has 0 unspecified atom stereocenters. The zero-order valence-corrected chi connectivity index (χ0v) is 17.8. The summed E-state index contributed by atoms with van der Waals surface area (Å²) in [6, 6.07) is 10.6. The number of amides is 1. The number of piperazine rings is 1. The molecule has 0 aliphatic carbocycles. The zero-order chi connectivity index (χ0) is 21.5. The summed E-state index contributed by atoms with van der Waals surface area (Å²) in [4.78, 5) is 16.7. The van der Waals surface area contributed by atoms with E-state index in [2.05, 4.69) is 4.90 Å². The van der Waals surface area contributed by atoms with Crippen LogP contribution >= 0.6 is 0 Å². The number of methoxy groups -OCH3 is 3. The van der Waals surface area contributed by atoms with Crippen LogP contribution in [0, 0.1) is 5.82 Å². The highest BCUT2D eigenvalue weighted by Crippen LogP contribution is 2.38. The molecule has 0 spiro atoms. The van der Waals surface area contributed by atoms with Gasteiger partial charge in [-0.05, 0) is 30.2 Å². The summed E-state index contributed by atoms with van der Waals surface area (Å²) < 4.78 is 29.9. The highest BCUT2D eigenvalue weighted by atomic mass is 19.1. The minimum Gasteiger partial charge on any atom is -0.493 e. The molecule has 0 atom stereocenters. The Balaban J connectivity index is 1.52. The van der Waals surface area contributed by atoms with Crippen molar-refractivity contribution in [3.05, 3.63) is 53.3 Å². The highest BCUT2D eigenvalue weighted by molar-refractivity contribution is 5.76. The molecule has 0 N–H and O–H groups in total. The van der Waals surface area contributed by atoms with E-state index in [1.807, 2.05) is 29.2 Å². The van der Waals surface area contributed by atoms with Gasteiger partial charge in [0, 0.05) is 44.7 Å². The van der Waals surface area contributed by atoms with Crippen LogP contribution in [0.15, 0.2) is 36.4 Å². The van der Waals surface area contributed by atoms with Gasteiger partial charge in [0.1, 0.15) is 5.82 Å². The lowest BCUT2D eigenvalue weighted by Crippen LogP contribution is -2.48. The van der Waals surface area contributed by atoms with Crippen LogP contribution in [0.25, 0.3) is 0 Å². The van der Waals surface area contributed by atoms with Crippen molar-refractivity contribution in [2.24, 2.45) is 0 Å². The van der Waals surface area contributed by atoms with E-state index in [1.54, 1.807) is 27.4 Å². The van der Waals surface area contributed by atoms with Gasteiger partial charge in [0.2, 0.25) is 11.7 Å². The maximum Gasteiger partial charge on any atom is 0.222 e. The van der Waals surface area contributed by atoms with Crippen molar-refractivity contribution in [2.75, 3.05) is 47.5 Å². The molecular formula is C23H29FN2O4. The summed E-state index contributed by atoms with van der Waals surface area (Å²) >= 11 is 0. The normalized spacial score (nSPS) is 14.5. The van der Waals surface area contributed by atoms with Gasteiger partial charge in [-0.3, -0.25) is 9.69 Å². The van der Waals surface area contributed by atoms with Crippen LogP contribution in [0.5, 0.6) is 17.2 Å². The summed E-state index contributed by atoms with van der Waals surface area (Å²) in [7, 11) is 4.72. The Labute approximate surface area is 177 Å². The number of hydrogen-bond acceptors (Lipinski definition) is 5. The first-order valence-corrected chi connectivity index (χ1v) is 10.1. The fraction of sp³-hybridized carbons (Fsp3) is 0.435. The van der Waals surface area contributed by atoms with E-state index >= 15 is 0 Å². The highest BCUT2D eigenvalue weighted by Gasteiger charge is 2.22. The Morgan fingerprint density at radius 1 is 0.967 bits per heavy atom. The Hall–Kier alpha value is -2.80. The van der Waals surface area contributed by atoms with Crippen molar-refractivity contribution in [3.63, 3.8) is 0 Å². The number of halogens is 1. The van der Waals surface area contributed by atoms with Crippen molar-refractivity contribution in [2.45, 2.75) is 19.4 Å². The first kappa shape index (κ1) is 21.9. The van der Waals surface area contributed by atoms with E-state index in [4.69, 9.17) is 14.2 Å². The number of carbonyl (C=O) groups excluding carboxylic acids is 1. The molecule has 2 aromatic carbocycles. The van der Waals surface area contributed by atoms with Crippen molar-refractivity contribution in [1.82, 2.24) is 9.80 Å². The smallest absolute Gasteiger partial charge is 0.222 e. The van der Waals surface area contributed by atoms with Gasteiger partial charge in [-0.2, -0.15) is 0 Å². The molecule has 1 heterocycles.